The van der Waals surface area contributed by atoms with Gasteiger partial charge < -0.3 is 29.2 Å². The van der Waals surface area contributed by atoms with Gasteiger partial charge in [0.25, 0.3) is 0 Å². The molecule has 0 aromatic heterocycles. The number of hydrogen-bond acceptors (Lipinski definition) is 6. The molecule has 0 spiro atoms. The highest BCUT2D eigenvalue weighted by Crippen LogP contribution is 2.33. The average molecular weight is 641 g/mol. The summed E-state index contributed by atoms with van der Waals surface area (Å²) in [7, 11) is 3.32. The van der Waals surface area contributed by atoms with Gasteiger partial charge in [0.05, 0.1) is 27.4 Å². The smallest absolute Gasteiger partial charge is 0.303 e. The van der Waals surface area contributed by atoms with Crippen molar-refractivity contribution in [1.82, 2.24) is 0 Å². The summed E-state index contributed by atoms with van der Waals surface area (Å²) >= 11 is 0. The fourth-order valence-corrected chi connectivity index (χ4v) is 5.45. The maximum atomic E-state index is 11.3. The molecule has 0 heterocycles. The quantitative estimate of drug-likeness (QED) is 0.0926. The number of carboxylic acids is 2. The number of benzene rings is 4. The van der Waals surface area contributed by atoms with Gasteiger partial charge >= 0.3 is 11.9 Å². The summed E-state index contributed by atoms with van der Waals surface area (Å²) in [4.78, 5) is 22.1. The monoisotopic (exact) mass is 640 g/mol. The van der Waals surface area contributed by atoms with Gasteiger partial charge in [0.1, 0.15) is 23.0 Å². The molecule has 47 heavy (non-hydrogen) atoms. The first-order valence-corrected chi connectivity index (χ1v) is 16.1. The highest BCUT2D eigenvalue weighted by molar-refractivity contribution is 5.75. The third kappa shape index (κ3) is 11.1. The Morgan fingerprint density at radius 2 is 1.13 bits per heavy atom. The molecule has 0 atom stereocenters. The Kier molecular flexibility index (Phi) is 13.5. The van der Waals surface area contributed by atoms with Crippen molar-refractivity contribution in [3.8, 4) is 45.3 Å². The molecule has 0 aliphatic rings. The van der Waals surface area contributed by atoms with Gasteiger partial charge in [0.2, 0.25) is 0 Å². The normalized spacial score (nSPS) is 10.8. The van der Waals surface area contributed by atoms with Crippen LogP contribution >= 0.6 is 0 Å². The molecule has 0 saturated carbocycles. The Hall–Kier alpha value is -4.98. The first-order chi connectivity index (χ1) is 22.9. The molecular formula is C39H44O8. The Labute approximate surface area is 276 Å². The molecule has 4 rings (SSSR count). The Morgan fingerprint density at radius 1 is 0.553 bits per heavy atom. The molecular weight excluding hydrogens is 596 g/mol. The van der Waals surface area contributed by atoms with E-state index < -0.39 is 11.9 Å². The van der Waals surface area contributed by atoms with Crippen molar-refractivity contribution in [2.45, 2.75) is 57.8 Å². The Morgan fingerprint density at radius 3 is 1.70 bits per heavy atom. The molecule has 248 valence electrons. The molecule has 0 saturated heterocycles. The van der Waals surface area contributed by atoms with Gasteiger partial charge in [-0.25, -0.2) is 0 Å². The average Bonchev–Trinajstić information content (AvgIpc) is 3.09. The van der Waals surface area contributed by atoms with Crippen LogP contribution in [0.3, 0.4) is 0 Å². The topological polar surface area (TPSA) is 112 Å². The zero-order chi connectivity index (χ0) is 33.4. The lowest BCUT2D eigenvalue weighted by Crippen LogP contribution is -2.07. The fraction of sp³-hybridized carbons (Fsp3) is 0.333. The molecule has 8 heteroatoms. The van der Waals surface area contributed by atoms with Crippen LogP contribution in [-0.4, -0.2) is 49.6 Å². The molecule has 0 fully saturated rings. The van der Waals surface area contributed by atoms with Crippen LogP contribution in [0.5, 0.6) is 23.0 Å². The molecule has 8 nitrogen and oxygen atoms in total. The minimum absolute atomic E-state index is 0.0136. The summed E-state index contributed by atoms with van der Waals surface area (Å²) < 4.78 is 22.8. The van der Waals surface area contributed by atoms with Crippen molar-refractivity contribution in [3.05, 3.63) is 96.1 Å². The minimum Gasteiger partial charge on any atom is -0.497 e. The molecule has 2 N–H and O–H groups in total. The van der Waals surface area contributed by atoms with Crippen LogP contribution in [-0.2, 0) is 22.4 Å². The summed E-state index contributed by atoms with van der Waals surface area (Å²) in [5.41, 5.74) is 6.25. The van der Waals surface area contributed by atoms with Gasteiger partial charge in [0, 0.05) is 12.8 Å². The van der Waals surface area contributed by atoms with E-state index in [1.807, 2.05) is 66.7 Å². The van der Waals surface area contributed by atoms with Gasteiger partial charge in [-0.15, -0.1) is 0 Å². The molecule has 4 aromatic rings. The standard InChI is InChI=1S/C39H44O8/c1-44-33-17-13-28(14-18-33)31-25-32(29-15-19-34(45-2)20-16-29)27-35(26-31)46-23-6-4-3-5-9-30-10-7-11-37(36(30)21-22-39(42)43)47-24-8-12-38(40)41/h7,10-11,13-20,25-27H,3-6,8-9,12,21-24H2,1-2H3,(H,40,41)(H,42,43). The van der Waals surface area contributed by atoms with Crippen LogP contribution in [0.4, 0.5) is 0 Å². The number of aryl methyl sites for hydroxylation is 1. The third-order valence-corrected chi connectivity index (χ3v) is 7.97. The second kappa shape index (κ2) is 18.2. The van der Waals surface area contributed by atoms with E-state index in [1.165, 1.54) is 0 Å². The number of rotatable bonds is 20. The van der Waals surface area contributed by atoms with E-state index in [-0.39, 0.29) is 19.4 Å². The van der Waals surface area contributed by atoms with Gasteiger partial charge in [0.15, 0.2) is 0 Å². The van der Waals surface area contributed by atoms with Crippen molar-refractivity contribution in [2.75, 3.05) is 27.4 Å². The highest BCUT2D eigenvalue weighted by Gasteiger charge is 2.13. The molecule has 0 bridgehead atoms. The van der Waals surface area contributed by atoms with E-state index in [9.17, 15) is 14.7 Å². The lowest BCUT2D eigenvalue weighted by atomic mass is 9.97. The van der Waals surface area contributed by atoms with E-state index in [1.54, 1.807) is 14.2 Å². The maximum absolute atomic E-state index is 11.3. The van der Waals surface area contributed by atoms with Gasteiger partial charge in [-0.1, -0.05) is 49.2 Å². The van der Waals surface area contributed by atoms with E-state index in [0.717, 1.165) is 82.7 Å². The third-order valence-electron chi connectivity index (χ3n) is 7.97. The maximum Gasteiger partial charge on any atom is 0.303 e. The summed E-state index contributed by atoms with van der Waals surface area (Å²) in [6, 6.07) is 28.1. The first-order valence-electron chi connectivity index (χ1n) is 16.1. The van der Waals surface area contributed by atoms with Crippen molar-refractivity contribution in [1.29, 1.82) is 0 Å². The number of ether oxygens (including phenoxy) is 4. The number of unbranched alkanes of at least 4 members (excludes halogenated alkanes) is 3. The lowest BCUT2D eigenvalue weighted by molar-refractivity contribution is -0.138. The van der Waals surface area contributed by atoms with Crippen LogP contribution in [0, 0.1) is 0 Å². The van der Waals surface area contributed by atoms with Crippen LogP contribution in [0.25, 0.3) is 22.3 Å². The van der Waals surface area contributed by atoms with E-state index >= 15 is 0 Å². The Bertz CT molecular complexity index is 1510. The van der Waals surface area contributed by atoms with Crippen LogP contribution in [0.15, 0.2) is 84.9 Å². The molecule has 0 radical (unpaired) electrons. The summed E-state index contributed by atoms with van der Waals surface area (Å²) in [5.74, 6) is 1.35. The molecule has 0 unspecified atom stereocenters. The second-order valence-electron chi connectivity index (χ2n) is 11.3. The molecule has 4 aromatic carbocycles. The fourth-order valence-electron chi connectivity index (χ4n) is 5.45. The number of hydrogen-bond donors (Lipinski definition) is 2. The zero-order valence-corrected chi connectivity index (χ0v) is 27.2. The number of aliphatic carboxylic acids is 2. The van der Waals surface area contributed by atoms with E-state index in [4.69, 9.17) is 24.1 Å². The van der Waals surface area contributed by atoms with Crippen molar-refractivity contribution >= 4 is 11.9 Å². The summed E-state index contributed by atoms with van der Waals surface area (Å²) in [6.45, 7) is 0.873. The first kappa shape index (κ1) is 34.9. The van der Waals surface area contributed by atoms with Crippen LogP contribution in [0.2, 0.25) is 0 Å². The largest absolute Gasteiger partial charge is 0.497 e. The predicted molar refractivity (Wildman–Crippen MR) is 183 cm³/mol. The minimum atomic E-state index is -0.862. The van der Waals surface area contributed by atoms with Gasteiger partial charge in [-0.05, 0) is 114 Å². The van der Waals surface area contributed by atoms with E-state index in [2.05, 4.69) is 18.2 Å². The number of carbonyl (C=O) groups is 2. The summed E-state index contributed by atoms with van der Waals surface area (Å²) in [6.07, 6.45) is 5.51. The second-order valence-corrected chi connectivity index (χ2v) is 11.3. The molecule has 0 amide bonds. The predicted octanol–water partition coefficient (Wildman–Crippen LogP) is 8.48. The van der Waals surface area contributed by atoms with Crippen LogP contribution < -0.4 is 18.9 Å². The summed E-state index contributed by atoms with van der Waals surface area (Å²) in [5, 5.41) is 18.2. The lowest BCUT2D eigenvalue weighted by Gasteiger charge is -2.15. The number of carboxylic acid groups (broad SMARTS) is 2. The Balaban J connectivity index is 1.34. The molecule has 0 aliphatic heterocycles. The van der Waals surface area contributed by atoms with Gasteiger partial charge in [-0.2, -0.15) is 0 Å². The van der Waals surface area contributed by atoms with Crippen LogP contribution in [0.1, 0.15) is 56.1 Å². The van der Waals surface area contributed by atoms with Crippen molar-refractivity contribution in [2.24, 2.45) is 0 Å². The van der Waals surface area contributed by atoms with Crippen molar-refractivity contribution < 1.29 is 38.7 Å². The SMILES string of the molecule is COc1ccc(-c2cc(OCCCCCCc3cccc(OCCCC(=O)O)c3CCC(=O)O)cc(-c3ccc(OC)cc3)c2)cc1. The zero-order valence-electron chi connectivity index (χ0n) is 27.2. The van der Waals surface area contributed by atoms with E-state index in [0.29, 0.717) is 25.2 Å². The number of methoxy groups -OCH3 is 2. The molecule has 0 aliphatic carbocycles. The highest BCUT2D eigenvalue weighted by atomic mass is 16.5. The van der Waals surface area contributed by atoms with Crippen molar-refractivity contribution in [3.63, 3.8) is 0 Å². The van der Waals surface area contributed by atoms with Gasteiger partial charge in [-0.3, -0.25) is 9.59 Å².